The quantitative estimate of drug-likeness (QED) is 0.842. The number of nitrogens with two attached hydrogens (primary N) is 1. The Morgan fingerprint density at radius 3 is 2.81 bits per heavy atom. The summed E-state index contributed by atoms with van der Waals surface area (Å²) in [5, 5.41) is -0.448. The number of thioether (sulfide) groups is 1. The zero-order chi connectivity index (χ0) is 15.6. The predicted octanol–water partition coefficient (Wildman–Crippen LogP) is 1.94. The van der Waals surface area contributed by atoms with E-state index < -0.39 is 15.2 Å². The first-order chi connectivity index (χ1) is 9.86. The third-order valence-corrected chi connectivity index (χ3v) is 7.22. The van der Waals surface area contributed by atoms with Crippen molar-refractivity contribution in [2.75, 3.05) is 28.7 Å². The van der Waals surface area contributed by atoms with Gasteiger partial charge in [0.05, 0.1) is 0 Å². The standard InChI is InChI=1S/C14H20N2O2S3/c1-3-21(17,18)13-9-20-7-6-16(13)11-4-5-12(14(15)19)10(2)8-11/h4-5,8,13H,3,6-7,9H2,1-2H3,(H2,15,19). The SMILES string of the molecule is CCS(=O)(=O)C1CSCCN1c1ccc(C(N)=S)c(C)c1. The molecule has 0 radical (unpaired) electrons. The van der Waals surface area contributed by atoms with Gasteiger partial charge in [0, 0.05) is 35.1 Å². The Hall–Kier alpha value is -0.790. The van der Waals surface area contributed by atoms with Crippen LogP contribution in [-0.2, 0) is 9.84 Å². The molecule has 1 aliphatic heterocycles. The lowest BCUT2D eigenvalue weighted by molar-refractivity contribution is 0.579. The van der Waals surface area contributed by atoms with Crippen molar-refractivity contribution >= 4 is 44.5 Å². The van der Waals surface area contributed by atoms with Gasteiger partial charge in [0.2, 0.25) is 0 Å². The fourth-order valence-corrected chi connectivity index (χ4v) is 5.69. The molecule has 0 amide bonds. The van der Waals surface area contributed by atoms with Crippen molar-refractivity contribution in [3.05, 3.63) is 29.3 Å². The topological polar surface area (TPSA) is 63.4 Å². The van der Waals surface area contributed by atoms with E-state index in [0.717, 1.165) is 29.1 Å². The molecule has 1 saturated heterocycles. The monoisotopic (exact) mass is 344 g/mol. The zero-order valence-electron chi connectivity index (χ0n) is 12.2. The van der Waals surface area contributed by atoms with E-state index in [-0.39, 0.29) is 5.75 Å². The summed E-state index contributed by atoms with van der Waals surface area (Å²) in [6.07, 6.45) is 0. The lowest BCUT2D eigenvalue weighted by Crippen LogP contribution is -2.48. The number of benzene rings is 1. The highest BCUT2D eigenvalue weighted by Crippen LogP contribution is 2.28. The molecule has 0 aliphatic carbocycles. The van der Waals surface area contributed by atoms with Gasteiger partial charge in [-0.3, -0.25) is 0 Å². The van der Waals surface area contributed by atoms with Crippen LogP contribution in [0.5, 0.6) is 0 Å². The highest BCUT2D eigenvalue weighted by molar-refractivity contribution is 8.01. The van der Waals surface area contributed by atoms with Crippen molar-refractivity contribution in [2.24, 2.45) is 5.73 Å². The average molecular weight is 345 g/mol. The first-order valence-corrected chi connectivity index (χ1v) is 10.1. The van der Waals surface area contributed by atoms with Gasteiger partial charge in [-0.05, 0) is 30.7 Å². The summed E-state index contributed by atoms with van der Waals surface area (Å²) in [4.78, 5) is 2.36. The van der Waals surface area contributed by atoms with Gasteiger partial charge in [-0.25, -0.2) is 8.42 Å². The smallest absolute Gasteiger partial charge is 0.171 e. The molecular weight excluding hydrogens is 324 g/mol. The van der Waals surface area contributed by atoms with Crippen LogP contribution in [0.15, 0.2) is 18.2 Å². The van der Waals surface area contributed by atoms with Crippen LogP contribution in [0.25, 0.3) is 0 Å². The second-order valence-electron chi connectivity index (χ2n) is 5.04. The van der Waals surface area contributed by atoms with Crippen LogP contribution in [-0.4, -0.2) is 42.6 Å². The number of aryl methyl sites for hydroxylation is 1. The number of anilines is 1. The Balaban J connectivity index is 2.38. The van der Waals surface area contributed by atoms with Crippen molar-refractivity contribution in [1.82, 2.24) is 0 Å². The maximum absolute atomic E-state index is 12.3. The molecule has 1 aromatic rings. The van der Waals surface area contributed by atoms with Crippen molar-refractivity contribution in [2.45, 2.75) is 19.2 Å². The molecule has 1 unspecified atom stereocenters. The second-order valence-corrected chi connectivity index (χ2v) is 9.07. The highest BCUT2D eigenvalue weighted by atomic mass is 32.2. The first kappa shape index (κ1) is 16.6. The number of hydrogen-bond donors (Lipinski definition) is 1. The maximum atomic E-state index is 12.3. The lowest BCUT2D eigenvalue weighted by atomic mass is 10.1. The molecule has 2 rings (SSSR count). The van der Waals surface area contributed by atoms with E-state index in [1.807, 2.05) is 30.0 Å². The summed E-state index contributed by atoms with van der Waals surface area (Å²) in [7, 11) is -3.10. The first-order valence-electron chi connectivity index (χ1n) is 6.83. The minimum atomic E-state index is -3.10. The van der Waals surface area contributed by atoms with Crippen LogP contribution >= 0.6 is 24.0 Å². The molecule has 116 valence electrons. The maximum Gasteiger partial charge on any atom is 0.171 e. The third kappa shape index (κ3) is 3.52. The van der Waals surface area contributed by atoms with Gasteiger partial charge in [-0.2, -0.15) is 11.8 Å². The van der Waals surface area contributed by atoms with Crippen LogP contribution in [0.4, 0.5) is 5.69 Å². The molecule has 4 nitrogen and oxygen atoms in total. The van der Waals surface area contributed by atoms with Crippen LogP contribution < -0.4 is 10.6 Å². The van der Waals surface area contributed by atoms with Crippen molar-refractivity contribution in [3.63, 3.8) is 0 Å². The van der Waals surface area contributed by atoms with Gasteiger partial charge in [-0.1, -0.05) is 19.1 Å². The lowest BCUT2D eigenvalue weighted by Gasteiger charge is -2.36. The zero-order valence-corrected chi connectivity index (χ0v) is 14.7. The van der Waals surface area contributed by atoms with E-state index in [0.29, 0.717) is 10.7 Å². The molecule has 0 spiro atoms. The van der Waals surface area contributed by atoms with E-state index in [2.05, 4.69) is 0 Å². The van der Waals surface area contributed by atoms with Gasteiger partial charge in [0.1, 0.15) is 10.4 Å². The van der Waals surface area contributed by atoms with Gasteiger partial charge in [0.25, 0.3) is 0 Å². The number of nitrogens with zero attached hydrogens (tertiary/aromatic N) is 1. The molecule has 0 saturated carbocycles. The molecule has 7 heteroatoms. The normalized spacial score (nSPS) is 19.5. The summed E-state index contributed by atoms with van der Waals surface area (Å²) in [6, 6.07) is 5.77. The Bertz CT molecular complexity index is 644. The fourth-order valence-electron chi connectivity index (χ4n) is 2.47. The largest absolute Gasteiger partial charge is 0.389 e. The molecule has 1 atom stereocenters. The third-order valence-electron chi connectivity index (χ3n) is 3.71. The number of rotatable bonds is 4. The van der Waals surface area contributed by atoms with Gasteiger partial charge in [-0.15, -0.1) is 0 Å². The van der Waals surface area contributed by atoms with E-state index in [9.17, 15) is 8.42 Å². The second kappa shape index (κ2) is 6.54. The van der Waals surface area contributed by atoms with Crippen molar-refractivity contribution < 1.29 is 8.42 Å². The summed E-state index contributed by atoms with van der Waals surface area (Å²) in [6.45, 7) is 4.38. The highest BCUT2D eigenvalue weighted by Gasteiger charge is 2.33. The van der Waals surface area contributed by atoms with Gasteiger partial charge >= 0.3 is 0 Å². The molecule has 2 N–H and O–H groups in total. The Morgan fingerprint density at radius 2 is 2.24 bits per heavy atom. The average Bonchev–Trinajstić information content (AvgIpc) is 2.46. The molecule has 21 heavy (non-hydrogen) atoms. The Labute approximate surface area is 136 Å². The van der Waals surface area contributed by atoms with Crippen LogP contribution in [0.3, 0.4) is 0 Å². The molecule has 1 aromatic carbocycles. The van der Waals surface area contributed by atoms with Crippen LogP contribution in [0.2, 0.25) is 0 Å². The van der Waals surface area contributed by atoms with E-state index in [1.54, 1.807) is 18.7 Å². The van der Waals surface area contributed by atoms with E-state index in [4.69, 9.17) is 18.0 Å². The summed E-state index contributed by atoms with van der Waals surface area (Å²) < 4.78 is 24.6. The molecule has 0 bridgehead atoms. The molecular formula is C14H20N2O2S3. The number of thiocarbonyl (C=S) groups is 1. The van der Waals surface area contributed by atoms with E-state index in [1.165, 1.54) is 0 Å². The van der Waals surface area contributed by atoms with Crippen molar-refractivity contribution in [3.8, 4) is 0 Å². The summed E-state index contributed by atoms with van der Waals surface area (Å²) in [5.41, 5.74) is 8.43. The van der Waals surface area contributed by atoms with Gasteiger partial charge in [0.15, 0.2) is 9.84 Å². The van der Waals surface area contributed by atoms with Crippen LogP contribution in [0, 0.1) is 6.92 Å². The predicted molar refractivity (Wildman–Crippen MR) is 95.0 cm³/mol. The molecule has 1 aliphatic rings. The Morgan fingerprint density at radius 1 is 1.52 bits per heavy atom. The van der Waals surface area contributed by atoms with Crippen LogP contribution in [0.1, 0.15) is 18.1 Å². The minimum Gasteiger partial charge on any atom is -0.389 e. The molecule has 1 fully saturated rings. The van der Waals surface area contributed by atoms with Crippen molar-refractivity contribution in [1.29, 1.82) is 0 Å². The number of sulfone groups is 1. The molecule has 0 aromatic heterocycles. The summed E-state index contributed by atoms with van der Waals surface area (Å²) >= 11 is 6.71. The Kier molecular flexibility index (Phi) is 5.16. The minimum absolute atomic E-state index is 0.165. The summed E-state index contributed by atoms with van der Waals surface area (Å²) in [5.74, 6) is 1.72. The van der Waals surface area contributed by atoms with Gasteiger partial charge < -0.3 is 10.6 Å². The van der Waals surface area contributed by atoms with E-state index >= 15 is 0 Å². The fraction of sp³-hybridized carbons (Fsp3) is 0.500. The number of hydrogen-bond acceptors (Lipinski definition) is 5. The molecule has 1 heterocycles.